The maximum Gasteiger partial charge on any atom is 0.227 e. The van der Waals surface area contributed by atoms with Crippen LogP contribution in [0.1, 0.15) is 22.5 Å². The largest absolute Gasteiger partial charge is 0.493 e. The van der Waals surface area contributed by atoms with E-state index >= 15 is 0 Å². The molecule has 108 valence electrons. The molecule has 0 radical (unpaired) electrons. The minimum atomic E-state index is 0.175. The van der Waals surface area contributed by atoms with Crippen LogP contribution in [0.25, 0.3) is 0 Å². The summed E-state index contributed by atoms with van der Waals surface area (Å²) in [5.41, 5.74) is 4.44. The Bertz CT molecular complexity index is 693. The van der Waals surface area contributed by atoms with Crippen molar-refractivity contribution in [2.24, 2.45) is 0 Å². The molecule has 2 aliphatic heterocycles. The number of carbonyl (C=O) groups is 1. The zero-order chi connectivity index (χ0) is 14.2. The van der Waals surface area contributed by atoms with Crippen LogP contribution in [-0.4, -0.2) is 33.9 Å². The van der Waals surface area contributed by atoms with Gasteiger partial charge in [0.05, 0.1) is 37.3 Å². The van der Waals surface area contributed by atoms with Crippen molar-refractivity contribution in [3.63, 3.8) is 0 Å². The van der Waals surface area contributed by atoms with E-state index in [1.54, 1.807) is 6.33 Å². The van der Waals surface area contributed by atoms with Gasteiger partial charge in [0.25, 0.3) is 0 Å². The number of rotatable bonds is 2. The van der Waals surface area contributed by atoms with E-state index in [1.165, 1.54) is 5.56 Å². The molecule has 0 spiro atoms. The second kappa shape index (κ2) is 4.91. The molecule has 4 rings (SSSR count). The van der Waals surface area contributed by atoms with E-state index in [2.05, 4.69) is 16.0 Å². The first kappa shape index (κ1) is 12.4. The lowest BCUT2D eigenvalue weighted by molar-refractivity contribution is -0.131. The molecule has 0 atom stereocenters. The highest BCUT2D eigenvalue weighted by molar-refractivity contribution is 5.79. The van der Waals surface area contributed by atoms with Crippen LogP contribution in [0.4, 0.5) is 0 Å². The second-order valence-corrected chi connectivity index (χ2v) is 5.61. The molecule has 0 aliphatic carbocycles. The number of imidazole rings is 1. The molecule has 1 aromatic heterocycles. The van der Waals surface area contributed by atoms with Crippen molar-refractivity contribution in [3.8, 4) is 5.75 Å². The van der Waals surface area contributed by atoms with Gasteiger partial charge in [-0.25, -0.2) is 4.98 Å². The molecule has 3 heterocycles. The standard InChI is InChI=1S/C16H17N3O2/c20-16(19-5-3-13-14(9-19)18-10-17-13)8-11-1-2-15-12(7-11)4-6-21-15/h1-2,7,10H,3-6,8-9H2,(H,17,18). The van der Waals surface area contributed by atoms with Gasteiger partial charge in [-0.15, -0.1) is 0 Å². The van der Waals surface area contributed by atoms with Crippen molar-refractivity contribution in [1.29, 1.82) is 0 Å². The zero-order valence-electron chi connectivity index (χ0n) is 11.8. The van der Waals surface area contributed by atoms with Gasteiger partial charge in [0.15, 0.2) is 0 Å². The molecule has 0 unspecified atom stereocenters. The quantitative estimate of drug-likeness (QED) is 0.908. The number of ether oxygens (including phenoxy) is 1. The van der Waals surface area contributed by atoms with Crippen molar-refractivity contribution in [2.75, 3.05) is 13.2 Å². The van der Waals surface area contributed by atoms with Crippen LogP contribution in [0.3, 0.4) is 0 Å². The Morgan fingerprint density at radius 1 is 1.38 bits per heavy atom. The molecule has 0 saturated heterocycles. The van der Waals surface area contributed by atoms with Crippen LogP contribution in [0, 0.1) is 0 Å². The van der Waals surface area contributed by atoms with E-state index in [4.69, 9.17) is 4.74 Å². The molecule has 0 saturated carbocycles. The molecule has 0 bridgehead atoms. The van der Waals surface area contributed by atoms with E-state index in [0.29, 0.717) is 13.0 Å². The van der Waals surface area contributed by atoms with Gasteiger partial charge in [0.1, 0.15) is 5.75 Å². The average Bonchev–Trinajstić information content (AvgIpc) is 3.14. The van der Waals surface area contributed by atoms with E-state index in [1.807, 2.05) is 17.0 Å². The molecule has 0 fully saturated rings. The third kappa shape index (κ3) is 2.28. The zero-order valence-corrected chi connectivity index (χ0v) is 11.8. The molecule has 1 amide bonds. The van der Waals surface area contributed by atoms with Crippen LogP contribution in [0.15, 0.2) is 24.5 Å². The topological polar surface area (TPSA) is 58.2 Å². The number of nitrogens with one attached hydrogen (secondary N) is 1. The Labute approximate surface area is 122 Å². The second-order valence-electron chi connectivity index (χ2n) is 5.61. The molecular weight excluding hydrogens is 266 g/mol. The van der Waals surface area contributed by atoms with E-state index in [9.17, 15) is 4.79 Å². The highest BCUT2D eigenvalue weighted by atomic mass is 16.5. The molecule has 5 nitrogen and oxygen atoms in total. The van der Waals surface area contributed by atoms with Crippen molar-refractivity contribution in [1.82, 2.24) is 14.9 Å². The average molecular weight is 283 g/mol. The van der Waals surface area contributed by atoms with Crippen molar-refractivity contribution in [3.05, 3.63) is 47.0 Å². The first-order valence-corrected chi connectivity index (χ1v) is 7.33. The van der Waals surface area contributed by atoms with Gasteiger partial charge in [-0.2, -0.15) is 0 Å². The van der Waals surface area contributed by atoms with Crippen LogP contribution in [0.5, 0.6) is 5.75 Å². The fraction of sp³-hybridized carbons (Fsp3) is 0.375. The lowest BCUT2D eigenvalue weighted by atomic mass is 10.0. The monoisotopic (exact) mass is 283 g/mol. The predicted octanol–water partition coefficient (Wildman–Crippen LogP) is 1.47. The number of hydrogen-bond donors (Lipinski definition) is 1. The number of H-pyrrole nitrogens is 1. The van der Waals surface area contributed by atoms with Crippen LogP contribution < -0.4 is 4.74 Å². The van der Waals surface area contributed by atoms with Crippen LogP contribution in [-0.2, 0) is 30.6 Å². The number of aromatic nitrogens is 2. The number of hydrogen-bond acceptors (Lipinski definition) is 3. The summed E-state index contributed by atoms with van der Waals surface area (Å²) in [6, 6.07) is 6.08. The first-order valence-electron chi connectivity index (χ1n) is 7.33. The smallest absolute Gasteiger partial charge is 0.227 e. The molecule has 2 aromatic rings. The molecular formula is C16H17N3O2. The van der Waals surface area contributed by atoms with Crippen molar-refractivity contribution >= 4 is 5.91 Å². The van der Waals surface area contributed by atoms with Gasteiger partial charge in [-0.1, -0.05) is 12.1 Å². The number of benzene rings is 1. The predicted molar refractivity (Wildman–Crippen MR) is 77.1 cm³/mol. The summed E-state index contributed by atoms with van der Waals surface area (Å²) in [5, 5.41) is 0. The van der Waals surface area contributed by atoms with Gasteiger partial charge in [0.2, 0.25) is 5.91 Å². The van der Waals surface area contributed by atoms with Crippen molar-refractivity contribution in [2.45, 2.75) is 25.8 Å². The van der Waals surface area contributed by atoms with E-state index in [-0.39, 0.29) is 5.91 Å². The summed E-state index contributed by atoms with van der Waals surface area (Å²) < 4.78 is 5.50. The molecule has 5 heteroatoms. The number of fused-ring (bicyclic) bond motifs is 2. The van der Waals surface area contributed by atoms with E-state index in [0.717, 1.165) is 48.7 Å². The Morgan fingerprint density at radius 2 is 2.33 bits per heavy atom. The van der Waals surface area contributed by atoms with Gasteiger partial charge >= 0.3 is 0 Å². The minimum absolute atomic E-state index is 0.175. The fourth-order valence-corrected chi connectivity index (χ4v) is 3.06. The summed E-state index contributed by atoms with van der Waals surface area (Å²) in [4.78, 5) is 21.8. The minimum Gasteiger partial charge on any atom is -0.493 e. The Kier molecular flexibility index (Phi) is 2.91. The lowest BCUT2D eigenvalue weighted by Gasteiger charge is -2.26. The summed E-state index contributed by atoms with van der Waals surface area (Å²) >= 11 is 0. The molecule has 1 N–H and O–H groups in total. The first-order chi connectivity index (χ1) is 10.3. The fourth-order valence-electron chi connectivity index (χ4n) is 3.06. The Balaban J connectivity index is 1.47. The number of aromatic amines is 1. The van der Waals surface area contributed by atoms with Gasteiger partial charge < -0.3 is 14.6 Å². The van der Waals surface area contributed by atoms with Crippen LogP contribution >= 0.6 is 0 Å². The maximum atomic E-state index is 12.5. The number of amides is 1. The SMILES string of the molecule is O=C(Cc1ccc2c(c1)CCO2)N1CCc2nc[nH]c2C1. The highest BCUT2D eigenvalue weighted by Crippen LogP contribution is 2.26. The summed E-state index contributed by atoms with van der Waals surface area (Å²) in [6.45, 7) is 2.15. The Morgan fingerprint density at radius 3 is 3.29 bits per heavy atom. The van der Waals surface area contributed by atoms with Gasteiger partial charge in [-0.05, 0) is 17.2 Å². The van der Waals surface area contributed by atoms with E-state index < -0.39 is 0 Å². The van der Waals surface area contributed by atoms with Gasteiger partial charge in [0, 0.05) is 19.4 Å². The third-order valence-corrected chi connectivity index (χ3v) is 4.24. The summed E-state index contributed by atoms with van der Waals surface area (Å²) in [6.07, 6.45) is 3.94. The van der Waals surface area contributed by atoms with Crippen molar-refractivity contribution < 1.29 is 9.53 Å². The molecule has 21 heavy (non-hydrogen) atoms. The number of nitrogens with zero attached hydrogens (tertiary/aromatic N) is 2. The summed E-state index contributed by atoms with van der Waals surface area (Å²) in [7, 11) is 0. The molecule has 1 aromatic carbocycles. The van der Waals surface area contributed by atoms with Gasteiger partial charge in [-0.3, -0.25) is 4.79 Å². The lowest BCUT2D eigenvalue weighted by Crippen LogP contribution is -2.37. The normalized spacial score (nSPS) is 16.3. The highest BCUT2D eigenvalue weighted by Gasteiger charge is 2.22. The summed E-state index contributed by atoms with van der Waals surface area (Å²) in [5.74, 6) is 1.14. The third-order valence-electron chi connectivity index (χ3n) is 4.24. The number of carbonyl (C=O) groups excluding carboxylic acids is 1. The Hall–Kier alpha value is -2.30. The maximum absolute atomic E-state index is 12.5. The molecule has 2 aliphatic rings. The van der Waals surface area contributed by atoms with Crippen LogP contribution in [0.2, 0.25) is 0 Å².